The Morgan fingerprint density at radius 2 is 1.84 bits per heavy atom. The van der Waals surface area contributed by atoms with Gasteiger partial charge in [-0.1, -0.05) is 0 Å². The number of nitrogens with one attached hydrogen (secondary N) is 1. The molecule has 0 aromatic rings. The molecule has 19 heavy (non-hydrogen) atoms. The van der Waals surface area contributed by atoms with Crippen molar-refractivity contribution in [3.05, 3.63) is 0 Å². The van der Waals surface area contributed by atoms with Crippen molar-refractivity contribution < 1.29 is 9.59 Å². The summed E-state index contributed by atoms with van der Waals surface area (Å²) < 4.78 is 0. The Balaban J connectivity index is 1.95. The summed E-state index contributed by atoms with van der Waals surface area (Å²) in [7, 11) is 4.00. The third-order valence-corrected chi connectivity index (χ3v) is 3.80. The topological polar surface area (TPSA) is 55.9 Å². The third-order valence-electron chi connectivity index (χ3n) is 3.80. The van der Waals surface area contributed by atoms with Crippen LogP contribution < -0.4 is 5.32 Å². The van der Waals surface area contributed by atoms with Crippen molar-refractivity contribution in [1.82, 2.24) is 20.0 Å². The van der Waals surface area contributed by atoms with Crippen LogP contribution in [0.15, 0.2) is 0 Å². The first kappa shape index (κ1) is 14.3. The van der Waals surface area contributed by atoms with Gasteiger partial charge in [0.05, 0.1) is 0 Å². The normalized spacial score (nSPS) is 24.1. The summed E-state index contributed by atoms with van der Waals surface area (Å²) in [5.74, 6) is -0.640. The zero-order chi connectivity index (χ0) is 13.8. The number of hydrogen-bond acceptors (Lipinski definition) is 4. The molecular formula is C13H24N4O2. The van der Waals surface area contributed by atoms with Crippen LogP contribution in [-0.4, -0.2) is 85.9 Å². The van der Waals surface area contributed by atoms with Crippen LogP contribution in [0.5, 0.6) is 0 Å². The van der Waals surface area contributed by atoms with Crippen molar-refractivity contribution in [3.8, 4) is 0 Å². The van der Waals surface area contributed by atoms with Gasteiger partial charge >= 0.3 is 11.8 Å². The van der Waals surface area contributed by atoms with Gasteiger partial charge in [0.2, 0.25) is 0 Å². The van der Waals surface area contributed by atoms with Gasteiger partial charge in [-0.25, -0.2) is 0 Å². The Bertz CT molecular complexity index is 340. The lowest BCUT2D eigenvalue weighted by molar-refractivity contribution is -0.152. The Morgan fingerprint density at radius 3 is 2.47 bits per heavy atom. The van der Waals surface area contributed by atoms with Crippen LogP contribution in [0.4, 0.5) is 0 Å². The lowest BCUT2D eigenvalue weighted by Gasteiger charge is -2.31. The molecule has 2 heterocycles. The van der Waals surface area contributed by atoms with E-state index in [0.717, 1.165) is 39.0 Å². The van der Waals surface area contributed by atoms with Gasteiger partial charge in [0, 0.05) is 45.3 Å². The average molecular weight is 268 g/mol. The Labute approximate surface area is 114 Å². The number of likely N-dealkylation sites (N-methyl/N-ethyl adjacent to an activating group) is 1. The maximum atomic E-state index is 12.3. The molecule has 6 heteroatoms. The molecule has 0 radical (unpaired) electrons. The Morgan fingerprint density at radius 1 is 1.16 bits per heavy atom. The van der Waals surface area contributed by atoms with Crippen LogP contribution in [0.2, 0.25) is 0 Å². The second-order valence-corrected chi connectivity index (χ2v) is 5.60. The van der Waals surface area contributed by atoms with E-state index in [2.05, 4.69) is 10.2 Å². The van der Waals surface area contributed by atoms with E-state index in [-0.39, 0.29) is 17.9 Å². The van der Waals surface area contributed by atoms with Gasteiger partial charge < -0.3 is 20.0 Å². The van der Waals surface area contributed by atoms with Crippen LogP contribution in [0.25, 0.3) is 0 Å². The maximum absolute atomic E-state index is 12.3. The molecule has 0 aromatic carbocycles. The minimum absolute atomic E-state index is 0.189. The zero-order valence-electron chi connectivity index (χ0n) is 11.9. The summed E-state index contributed by atoms with van der Waals surface area (Å²) in [5, 5.41) is 3.19. The van der Waals surface area contributed by atoms with Crippen LogP contribution in [-0.2, 0) is 9.59 Å². The smallest absolute Gasteiger partial charge is 0.312 e. The molecular weight excluding hydrogens is 244 g/mol. The number of carbonyl (C=O) groups excluding carboxylic acids is 2. The fraction of sp³-hybridized carbons (Fsp3) is 0.846. The number of piperazine rings is 1. The summed E-state index contributed by atoms with van der Waals surface area (Å²) in [6, 6.07) is 0.189. The predicted octanol–water partition coefficient (Wildman–Crippen LogP) is -1.03. The molecule has 2 saturated heterocycles. The molecule has 2 aliphatic rings. The zero-order valence-corrected chi connectivity index (χ0v) is 11.9. The molecule has 1 unspecified atom stereocenters. The first-order valence-corrected chi connectivity index (χ1v) is 7.05. The van der Waals surface area contributed by atoms with Crippen molar-refractivity contribution >= 4 is 11.8 Å². The lowest BCUT2D eigenvalue weighted by atomic mass is 10.2. The van der Waals surface area contributed by atoms with E-state index in [1.807, 2.05) is 14.1 Å². The standard InChI is InChI=1S/C13H24N4O2/c1-15(2)10-11-4-3-7-17(11)13(19)12(18)16-8-5-14-6-9-16/h11,14H,3-10H2,1-2H3. The summed E-state index contributed by atoms with van der Waals surface area (Å²) in [5.41, 5.74) is 0. The molecule has 1 N–H and O–H groups in total. The number of nitrogens with zero attached hydrogens (tertiary/aromatic N) is 3. The molecule has 2 rings (SSSR count). The highest BCUT2D eigenvalue weighted by Gasteiger charge is 2.35. The fourth-order valence-electron chi connectivity index (χ4n) is 2.84. The van der Waals surface area contributed by atoms with Gasteiger partial charge in [0.15, 0.2) is 0 Å². The van der Waals surface area contributed by atoms with Crippen molar-refractivity contribution in [3.63, 3.8) is 0 Å². The maximum Gasteiger partial charge on any atom is 0.312 e. The van der Waals surface area contributed by atoms with E-state index in [9.17, 15) is 9.59 Å². The number of rotatable bonds is 2. The molecule has 108 valence electrons. The second-order valence-electron chi connectivity index (χ2n) is 5.60. The van der Waals surface area contributed by atoms with Crippen molar-refractivity contribution in [2.75, 3.05) is 53.4 Å². The SMILES string of the molecule is CN(C)CC1CCCN1C(=O)C(=O)N1CCNCC1. The minimum Gasteiger partial charge on any atom is -0.332 e. The molecule has 0 bridgehead atoms. The molecule has 1 atom stereocenters. The fourth-order valence-corrected chi connectivity index (χ4v) is 2.84. The summed E-state index contributed by atoms with van der Waals surface area (Å²) >= 11 is 0. The molecule has 6 nitrogen and oxygen atoms in total. The van der Waals surface area contributed by atoms with E-state index in [1.54, 1.807) is 9.80 Å². The molecule has 0 saturated carbocycles. The summed E-state index contributed by atoms with van der Waals surface area (Å²) in [4.78, 5) is 30.1. The van der Waals surface area contributed by atoms with Gasteiger partial charge in [-0.05, 0) is 26.9 Å². The van der Waals surface area contributed by atoms with Crippen LogP contribution >= 0.6 is 0 Å². The molecule has 2 fully saturated rings. The van der Waals surface area contributed by atoms with E-state index in [4.69, 9.17) is 0 Å². The van der Waals surface area contributed by atoms with Crippen molar-refractivity contribution in [2.24, 2.45) is 0 Å². The first-order chi connectivity index (χ1) is 9.09. The summed E-state index contributed by atoms with van der Waals surface area (Å²) in [6.45, 7) is 4.38. The monoisotopic (exact) mass is 268 g/mol. The third kappa shape index (κ3) is 3.45. The Hall–Kier alpha value is -1.14. The molecule has 0 aliphatic carbocycles. The van der Waals surface area contributed by atoms with Crippen molar-refractivity contribution in [1.29, 1.82) is 0 Å². The molecule has 2 aliphatic heterocycles. The number of amides is 2. The molecule has 0 spiro atoms. The molecule has 0 aromatic heterocycles. The summed E-state index contributed by atoms with van der Waals surface area (Å²) in [6.07, 6.45) is 2.00. The highest BCUT2D eigenvalue weighted by molar-refractivity contribution is 6.35. The van der Waals surface area contributed by atoms with Crippen LogP contribution in [0.3, 0.4) is 0 Å². The van der Waals surface area contributed by atoms with E-state index in [1.165, 1.54) is 0 Å². The first-order valence-electron chi connectivity index (χ1n) is 7.05. The highest BCUT2D eigenvalue weighted by Crippen LogP contribution is 2.18. The van der Waals surface area contributed by atoms with Crippen LogP contribution in [0, 0.1) is 0 Å². The quantitative estimate of drug-likeness (QED) is 0.651. The van der Waals surface area contributed by atoms with Crippen LogP contribution in [0.1, 0.15) is 12.8 Å². The second kappa shape index (κ2) is 6.34. The van der Waals surface area contributed by atoms with E-state index < -0.39 is 0 Å². The van der Waals surface area contributed by atoms with Gasteiger partial charge in [-0.3, -0.25) is 9.59 Å². The predicted molar refractivity (Wildman–Crippen MR) is 72.7 cm³/mol. The van der Waals surface area contributed by atoms with Gasteiger partial charge in [0.25, 0.3) is 0 Å². The lowest BCUT2D eigenvalue weighted by Crippen LogP contribution is -2.53. The highest BCUT2D eigenvalue weighted by atomic mass is 16.2. The van der Waals surface area contributed by atoms with Crippen molar-refractivity contribution in [2.45, 2.75) is 18.9 Å². The average Bonchev–Trinajstić information content (AvgIpc) is 2.85. The van der Waals surface area contributed by atoms with Gasteiger partial charge in [-0.2, -0.15) is 0 Å². The minimum atomic E-state index is -0.327. The number of hydrogen-bond donors (Lipinski definition) is 1. The Kier molecular flexibility index (Phi) is 4.76. The largest absolute Gasteiger partial charge is 0.332 e. The van der Waals surface area contributed by atoms with E-state index in [0.29, 0.717) is 13.1 Å². The van der Waals surface area contributed by atoms with Gasteiger partial charge in [-0.15, -0.1) is 0 Å². The molecule has 2 amide bonds. The van der Waals surface area contributed by atoms with Gasteiger partial charge in [0.1, 0.15) is 0 Å². The van der Waals surface area contributed by atoms with E-state index >= 15 is 0 Å². The number of carbonyl (C=O) groups is 2. The number of likely N-dealkylation sites (tertiary alicyclic amines) is 1.